The fraction of sp³-hybridized carbons (Fsp3) is 0.462. The molecule has 0 fully saturated rings. The zero-order chi connectivity index (χ0) is 16.2. The number of hydrogen-bond acceptors (Lipinski definition) is 4. The summed E-state index contributed by atoms with van der Waals surface area (Å²) in [6, 6.07) is 2.09. The number of aryl methyl sites for hydroxylation is 1. The molecule has 6 nitrogen and oxygen atoms in total. The third-order valence-electron chi connectivity index (χ3n) is 2.74. The number of rotatable bonds is 6. The second-order valence-corrected chi connectivity index (χ2v) is 6.90. The molecule has 0 bridgehead atoms. The van der Waals surface area contributed by atoms with E-state index in [1.165, 1.54) is 0 Å². The molecule has 0 saturated heterocycles. The van der Waals surface area contributed by atoms with E-state index in [2.05, 4.69) is 10.0 Å². The van der Waals surface area contributed by atoms with Crippen LogP contribution in [0.15, 0.2) is 17.0 Å². The molecular weight excluding hydrogens is 297 g/mol. The van der Waals surface area contributed by atoms with Crippen molar-refractivity contribution in [1.82, 2.24) is 10.0 Å². The van der Waals surface area contributed by atoms with Crippen molar-refractivity contribution in [1.29, 1.82) is 0 Å². The van der Waals surface area contributed by atoms with Gasteiger partial charge in [0.05, 0.1) is 6.54 Å². The van der Waals surface area contributed by atoms with E-state index in [9.17, 15) is 17.6 Å². The zero-order valence-corrected chi connectivity index (χ0v) is 13.1. The van der Waals surface area contributed by atoms with Crippen LogP contribution in [0.2, 0.25) is 0 Å². The maximum absolute atomic E-state index is 13.7. The van der Waals surface area contributed by atoms with Gasteiger partial charge in [0.2, 0.25) is 15.9 Å². The Labute approximate surface area is 124 Å². The van der Waals surface area contributed by atoms with E-state index < -0.39 is 33.2 Å². The van der Waals surface area contributed by atoms with Crippen LogP contribution in [0.1, 0.15) is 19.4 Å². The Kier molecular flexibility index (Phi) is 5.68. The second kappa shape index (κ2) is 6.86. The lowest BCUT2D eigenvalue weighted by Gasteiger charge is -2.11. The SMILES string of the molecule is Cc1cc(F)c(S(=O)(=O)NCC(=O)NCC(C)C)cc1N. The van der Waals surface area contributed by atoms with Crippen LogP contribution in [0.4, 0.5) is 10.1 Å². The van der Waals surface area contributed by atoms with E-state index >= 15 is 0 Å². The molecule has 118 valence electrons. The number of amides is 1. The van der Waals surface area contributed by atoms with Crippen LogP contribution in [0.5, 0.6) is 0 Å². The number of benzene rings is 1. The highest BCUT2D eigenvalue weighted by Gasteiger charge is 2.21. The van der Waals surface area contributed by atoms with Gasteiger partial charge in [0.25, 0.3) is 0 Å². The first-order valence-corrected chi connectivity index (χ1v) is 7.93. The fourth-order valence-electron chi connectivity index (χ4n) is 1.49. The van der Waals surface area contributed by atoms with Gasteiger partial charge >= 0.3 is 0 Å². The molecule has 0 saturated carbocycles. The maximum Gasteiger partial charge on any atom is 0.244 e. The van der Waals surface area contributed by atoms with Crippen LogP contribution < -0.4 is 15.8 Å². The van der Waals surface area contributed by atoms with Gasteiger partial charge in [-0.15, -0.1) is 0 Å². The minimum atomic E-state index is -4.13. The first-order chi connectivity index (χ1) is 9.63. The number of carbonyl (C=O) groups is 1. The van der Waals surface area contributed by atoms with Gasteiger partial charge in [0, 0.05) is 12.2 Å². The number of halogens is 1. The summed E-state index contributed by atoms with van der Waals surface area (Å²) in [5.74, 6) is -1.13. The summed E-state index contributed by atoms with van der Waals surface area (Å²) in [4.78, 5) is 10.9. The number of sulfonamides is 1. The summed E-state index contributed by atoms with van der Waals surface area (Å²) in [5, 5.41) is 2.56. The quantitative estimate of drug-likeness (QED) is 0.674. The number of nitrogens with one attached hydrogen (secondary N) is 2. The highest BCUT2D eigenvalue weighted by atomic mass is 32.2. The van der Waals surface area contributed by atoms with Crippen LogP contribution in [0.25, 0.3) is 0 Å². The molecular formula is C13H20FN3O3S. The summed E-state index contributed by atoms with van der Waals surface area (Å²) in [5.41, 5.74) is 6.20. The molecule has 0 aliphatic heterocycles. The second-order valence-electron chi connectivity index (χ2n) is 5.16. The summed E-state index contributed by atoms with van der Waals surface area (Å²) in [6.07, 6.45) is 0. The first-order valence-electron chi connectivity index (χ1n) is 6.45. The molecule has 0 radical (unpaired) electrons. The van der Waals surface area contributed by atoms with Crippen molar-refractivity contribution >= 4 is 21.6 Å². The molecule has 0 aliphatic carbocycles. The predicted molar refractivity (Wildman–Crippen MR) is 78.6 cm³/mol. The van der Waals surface area contributed by atoms with Crippen LogP contribution in [-0.2, 0) is 14.8 Å². The number of anilines is 1. The average molecular weight is 317 g/mol. The minimum Gasteiger partial charge on any atom is -0.398 e. The number of nitrogens with two attached hydrogens (primary N) is 1. The Morgan fingerprint density at radius 1 is 1.38 bits per heavy atom. The smallest absolute Gasteiger partial charge is 0.244 e. The normalized spacial score (nSPS) is 11.7. The van der Waals surface area contributed by atoms with Crippen LogP contribution in [-0.4, -0.2) is 27.4 Å². The lowest BCUT2D eigenvalue weighted by molar-refractivity contribution is -0.120. The van der Waals surface area contributed by atoms with E-state index in [1.54, 1.807) is 6.92 Å². The third kappa shape index (κ3) is 4.98. The monoisotopic (exact) mass is 317 g/mol. The molecule has 0 aliphatic rings. The van der Waals surface area contributed by atoms with E-state index in [0.717, 1.165) is 12.1 Å². The largest absolute Gasteiger partial charge is 0.398 e. The van der Waals surface area contributed by atoms with Gasteiger partial charge in [0.15, 0.2) is 0 Å². The topological polar surface area (TPSA) is 101 Å². The average Bonchev–Trinajstić information content (AvgIpc) is 2.38. The van der Waals surface area contributed by atoms with E-state index in [1.807, 2.05) is 13.8 Å². The lowest BCUT2D eigenvalue weighted by Crippen LogP contribution is -2.38. The Morgan fingerprint density at radius 2 is 2.00 bits per heavy atom. The summed E-state index contributed by atoms with van der Waals surface area (Å²) < 4.78 is 39.7. The van der Waals surface area contributed by atoms with Crippen molar-refractivity contribution in [3.63, 3.8) is 0 Å². The van der Waals surface area contributed by atoms with E-state index in [4.69, 9.17) is 5.73 Å². The first kappa shape index (κ1) is 17.4. The molecule has 0 heterocycles. The highest BCUT2D eigenvalue weighted by Crippen LogP contribution is 2.21. The molecule has 0 spiro atoms. The summed E-state index contributed by atoms with van der Waals surface area (Å²) in [6.45, 7) is 5.38. The molecule has 0 aromatic heterocycles. The molecule has 21 heavy (non-hydrogen) atoms. The van der Waals surface area contributed by atoms with Gasteiger partial charge in [-0.25, -0.2) is 17.5 Å². The number of carbonyl (C=O) groups excluding carboxylic acids is 1. The fourth-order valence-corrected chi connectivity index (χ4v) is 2.57. The van der Waals surface area contributed by atoms with Crippen LogP contribution >= 0.6 is 0 Å². The van der Waals surface area contributed by atoms with Gasteiger partial charge in [-0.3, -0.25) is 4.79 Å². The molecule has 0 unspecified atom stereocenters. The minimum absolute atomic E-state index is 0.168. The number of nitrogen functional groups attached to an aromatic ring is 1. The van der Waals surface area contributed by atoms with Crippen LogP contribution in [0.3, 0.4) is 0 Å². The van der Waals surface area contributed by atoms with Gasteiger partial charge < -0.3 is 11.1 Å². The predicted octanol–water partition coefficient (Wildman–Crippen LogP) is 0.767. The third-order valence-corrected chi connectivity index (χ3v) is 4.16. The van der Waals surface area contributed by atoms with E-state index in [-0.39, 0.29) is 11.6 Å². The van der Waals surface area contributed by atoms with Crippen molar-refractivity contribution in [3.8, 4) is 0 Å². The van der Waals surface area contributed by atoms with Gasteiger partial charge in [0.1, 0.15) is 10.7 Å². The van der Waals surface area contributed by atoms with Crippen molar-refractivity contribution < 1.29 is 17.6 Å². The van der Waals surface area contributed by atoms with Gasteiger partial charge in [-0.05, 0) is 30.5 Å². The molecule has 1 aromatic carbocycles. The van der Waals surface area contributed by atoms with Crippen LogP contribution in [0, 0.1) is 18.7 Å². The zero-order valence-electron chi connectivity index (χ0n) is 12.2. The van der Waals surface area contributed by atoms with Crippen molar-refractivity contribution in [3.05, 3.63) is 23.5 Å². The Bertz CT molecular complexity index is 630. The van der Waals surface area contributed by atoms with Crippen molar-refractivity contribution in [2.75, 3.05) is 18.8 Å². The molecule has 0 atom stereocenters. The summed E-state index contributed by atoms with van der Waals surface area (Å²) in [7, 11) is -4.13. The molecule has 4 N–H and O–H groups in total. The standard InChI is InChI=1S/C13H20FN3O3S/c1-8(2)6-16-13(18)7-17-21(19,20)12-5-11(15)9(3)4-10(12)14/h4-5,8,17H,6-7,15H2,1-3H3,(H,16,18). The lowest BCUT2D eigenvalue weighted by atomic mass is 10.2. The highest BCUT2D eigenvalue weighted by molar-refractivity contribution is 7.89. The van der Waals surface area contributed by atoms with Gasteiger partial charge in [-0.2, -0.15) is 0 Å². The summed E-state index contributed by atoms with van der Waals surface area (Å²) >= 11 is 0. The molecule has 1 rings (SSSR count). The van der Waals surface area contributed by atoms with E-state index in [0.29, 0.717) is 12.1 Å². The molecule has 1 amide bonds. The molecule has 1 aromatic rings. The Morgan fingerprint density at radius 3 is 2.57 bits per heavy atom. The number of hydrogen-bond donors (Lipinski definition) is 3. The maximum atomic E-state index is 13.7. The van der Waals surface area contributed by atoms with Crippen molar-refractivity contribution in [2.45, 2.75) is 25.7 Å². The van der Waals surface area contributed by atoms with Crippen molar-refractivity contribution in [2.24, 2.45) is 5.92 Å². The molecule has 8 heteroatoms. The Balaban J connectivity index is 2.79. The van der Waals surface area contributed by atoms with Gasteiger partial charge in [-0.1, -0.05) is 13.8 Å². The Hall–Kier alpha value is -1.67.